The second-order valence-corrected chi connectivity index (χ2v) is 4.86. The number of alkyl carbamates (subject to hydrolysis) is 1. The van der Waals surface area contributed by atoms with Gasteiger partial charge in [-0.1, -0.05) is 30.0 Å². The minimum absolute atomic E-state index is 0.169. The van der Waals surface area contributed by atoms with Crippen molar-refractivity contribution in [2.45, 2.75) is 26.4 Å². The zero-order valence-corrected chi connectivity index (χ0v) is 11.3. The van der Waals surface area contributed by atoms with Crippen molar-refractivity contribution < 1.29 is 14.3 Å². The van der Waals surface area contributed by atoms with Crippen LogP contribution in [0.4, 0.5) is 4.79 Å². The SMILES string of the molecule is CC(C)(C)OC(=O)NCC#Cc1ccccc1C=O. The Balaban J connectivity index is 2.52. The van der Waals surface area contributed by atoms with Crippen molar-refractivity contribution in [1.29, 1.82) is 0 Å². The van der Waals surface area contributed by atoms with Crippen LogP contribution in [0.3, 0.4) is 0 Å². The van der Waals surface area contributed by atoms with Crippen LogP contribution in [0.2, 0.25) is 0 Å². The molecule has 0 unspecified atom stereocenters. The Bertz CT molecular complexity index is 518. The summed E-state index contributed by atoms with van der Waals surface area (Å²) in [6.45, 7) is 5.54. The quantitative estimate of drug-likeness (QED) is 0.655. The molecule has 1 aromatic carbocycles. The standard InChI is InChI=1S/C15H17NO3/c1-15(2,3)19-14(18)16-10-6-9-12-7-4-5-8-13(12)11-17/h4-5,7-8,11H,10H2,1-3H3,(H,16,18). The van der Waals surface area contributed by atoms with E-state index in [2.05, 4.69) is 17.2 Å². The molecule has 4 heteroatoms. The van der Waals surface area contributed by atoms with Gasteiger partial charge in [0.2, 0.25) is 0 Å². The third kappa shape index (κ3) is 5.73. The monoisotopic (exact) mass is 259 g/mol. The van der Waals surface area contributed by atoms with Crippen LogP contribution in [0.5, 0.6) is 0 Å². The number of carbonyl (C=O) groups excluding carboxylic acids is 2. The first-order valence-electron chi connectivity index (χ1n) is 5.92. The lowest BCUT2D eigenvalue weighted by molar-refractivity contribution is 0.0535. The molecule has 0 spiro atoms. The molecule has 1 aromatic rings. The summed E-state index contributed by atoms with van der Waals surface area (Å²) < 4.78 is 5.06. The number of rotatable bonds is 2. The van der Waals surface area contributed by atoms with Gasteiger partial charge in [-0.3, -0.25) is 4.79 Å². The van der Waals surface area contributed by atoms with E-state index in [1.807, 2.05) is 0 Å². The van der Waals surface area contributed by atoms with Crippen LogP contribution in [-0.4, -0.2) is 24.5 Å². The molecule has 0 fully saturated rings. The van der Waals surface area contributed by atoms with Gasteiger partial charge in [-0.2, -0.15) is 0 Å². The van der Waals surface area contributed by atoms with Crippen molar-refractivity contribution in [3.05, 3.63) is 35.4 Å². The first kappa shape index (κ1) is 14.8. The van der Waals surface area contributed by atoms with Gasteiger partial charge >= 0.3 is 6.09 Å². The molecule has 19 heavy (non-hydrogen) atoms. The molecule has 0 aromatic heterocycles. The van der Waals surface area contributed by atoms with E-state index in [0.717, 1.165) is 6.29 Å². The van der Waals surface area contributed by atoms with Gasteiger partial charge in [0.15, 0.2) is 6.29 Å². The maximum Gasteiger partial charge on any atom is 0.408 e. The van der Waals surface area contributed by atoms with E-state index >= 15 is 0 Å². The molecule has 100 valence electrons. The summed E-state index contributed by atoms with van der Waals surface area (Å²) in [7, 11) is 0. The maximum atomic E-state index is 11.3. The number of benzene rings is 1. The first-order chi connectivity index (χ1) is 8.92. The van der Waals surface area contributed by atoms with E-state index in [1.54, 1.807) is 45.0 Å². The first-order valence-corrected chi connectivity index (χ1v) is 5.92. The van der Waals surface area contributed by atoms with Crippen LogP contribution < -0.4 is 5.32 Å². The van der Waals surface area contributed by atoms with E-state index in [-0.39, 0.29) is 6.54 Å². The molecule has 0 aliphatic carbocycles. The van der Waals surface area contributed by atoms with E-state index in [1.165, 1.54) is 0 Å². The largest absolute Gasteiger partial charge is 0.444 e. The Morgan fingerprint density at radius 1 is 1.37 bits per heavy atom. The van der Waals surface area contributed by atoms with Crippen LogP contribution >= 0.6 is 0 Å². The number of ether oxygens (including phenoxy) is 1. The van der Waals surface area contributed by atoms with E-state index in [0.29, 0.717) is 11.1 Å². The Morgan fingerprint density at radius 3 is 2.68 bits per heavy atom. The summed E-state index contributed by atoms with van der Waals surface area (Å²) in [6, 6.07) is 7.02. The third-order valence-corrected chi connectivity index (χ3v) is 2.03. The van der Waals surface area contributed by atoms with Gasteiger partial charge < -0.3 is 10.1 Å². The molecule has 1 amide bonds. The normalized spacial score (nSPS) is 10.1. The highest BCUT2D eigenvalue weighted by atomic mass is 16.6. The third-order valence-electron chi connectivity index (χ3n) is 2.03. The summed E-state index contributed by atoms with van der Waals surface area (Å²) >= 11 is 0. The number of hydrogen-bond donors (Lipinski definition) is 1. The highest BCUT2D eigenvalue weighted by Crippen LogP contribution is 2.06. The number of amides is 1. The van der Waals surface area contributed by atoms with Gasteiger partial charge in [0.25, 0.3) is 0 Å². The smallest absolute Gasteiger partial charge is 0.408 e. The second kappa shape index (κ2) is 6.60. The molecule has 1 rings (SSSR count). The average Bonchev–Trinajstić information content (AvgIpc) is 2.33. The summed E-state index contributed by atoms with van der Waals surface area (Å²) in [6.07, 6.45) is 0.246. The highest BCUT2D eigenvalue weighted by Gasteiger charge is 2.14. The number of nitrogens with one attached hydrogen (secondary N) is 1. The number of aldehydes is 1. The predicted molar refractivity (Wildman–Crippen MR) is 72.9 cm³/mol. The fraction of sp³-hybridized carbons (Fsp3) is 0.333. The molecule has 0 atom stereocenters. The maximum absolute atomic E-state index is 11.3. The van der Waals surface area contributed by atoms with Crippen molar-refractivity contribution in [3.8, 4) is 11.8 Å². The van der Waals surface area contributed by atoms with Gasteiger partial charge in [0.05, 0.1) is 6.54 Å². The molecule has 4 nitrogen and oxygen atoms in total. The fourth-order valence-electron chi connectivity index (χ4n) is 1.28. The second-order valence-electron chi connectivity index (χ2n) is 4.86. The van der Waals surface area contributed by atoms with Gasteiger partial charge in [-0.05, 0) is 26.8 Å². The molecular weight excluding hydrogens is 242 g/mol. The lowest BCUT2D eigenvalue weighted by Gasteiger charge is -2.19. The lowest BCUT2D eigenvalue weighted by atomic mass is 10.1. The molecule has 1 N–H and O–H groups in total. The number of carbonyl (C=O) groups is 2. The molecule has 0 aliphatic rings. The van der Waals surface area contributed by atoms with Crippen LogP contribution in [0, 0.1) is 11.8 Å². The number of hydrogen-bond acceptors (Lipinski definition) is 3. The molecule has 0 saturated heterocycles. The topological polar surface area (TPSA) is 55.4 Å². The highest BCUT2D eigenvalue weighted by molar-refractivity contribution is 5.79. The van der Waals surface area contributed by atoms with Gasteiger partial charge in [0, 0.05) is 11.1 Å². The van der Waals surface area contributed by atoms with E-state index in [4.69, 9.17) is 4.74 Å². The minimum atomic E-state index is -0.526. The summed E-state index contributed by atoms with van der Waals surface area (Å²) in [5.41, 5.74) is 0.650. The fourth-order valence-corrected chi connectivity index (χ4v) is 1.28. The average molecular weight is 259 g/mol. The van der Waals surface area contributed by atoms with Crippen molar-refractivity contribution in [3.63, 3.8) is 0 Å². The predicted octanol–water partition coefficient (Wildman–Crippen LogP) is 2.38. The molecule has 0 aliphatic heterocycles. The zero-order valence-electron chi connectivity index (χ0n) is 11.3. The van der Waals surface area contributed by atoms with Crippen molar-refractivity contribution >= 4 is 12.4 Å². The van der Waals surface area contributed by atoms with Crippen LogP contribution in [0.15, 0.2) is 24.3 Å². The van der Waals surface area contributed by atoms with Crippen molar-refractivity contribution in [2.24, 2.45) is 0 Å². The van der Waals surface area contributed by atoms with Gasteiger partial charge in [-0.15, -0.1) is 0 Å². The Morgan fingerprint density at radius 2 is 2.05 bits per heavy atom. The van der Waals surface area contributed by atoms with Crippen LogP contribution in [-0.2, 0) is 4.74 Å². The Kier molecular flexibility index (Phi) is 5.13. The van der Waals surface area contributed by atoms with E-state index in [9.17, 15) is 9.59 Å². The molecule has 0 heterocycles. The molecular formula is C15H17NO3. The molecule has 0 radical (unpaired) electrons. The lowest BCUT2D eigenvalue weighted by Crippen LogP contribution is -2.32. The summed E-state index contributed by atoms with van der Waals surface area (Å²) in [4.78, 5) is 22.1. The Labute approximate surface area is 113 Å². The summed E-state index contributed by atoms with van der Waals surface area (Å²) in [5.74, 6) is 5.60. The van der Waals surface area contributed by atoms with Gasteiger partial charge in [-0.25, -0.2) is 4.79 Å². The van der Waals surface area contributed by atoms with Crippen molar-refractivity contribution in [2.75, 3.05) is 6.54 Å². The van der Waals surface area contributed by atoms with Crippen LogP contribution in [0.25, 0.3) is 0 Å². The van der Waals surface area contributed by atoms with Crippen LogP contribution in [0.1, 0.15) is 36.7 Å². The zero-order chi connectivity index (χ0) is 14.3. The molecule has 0 saturated carbocycles. The summed E-state index contributed by atoms with van der Waals surface area (Å²) in [5, 5.41) is 2.52. The van der Waals surface area contributed by atoms with Crippen molar-refractivity contribution in [1.82, 2.24) is 5.32 Å². The minimum Gasteiger partial charge on any atom is -0.444 e. The van der Waals surface area contributed by atoms with E-state index < -0.39 is 11.7 Å². The Hall–Kier alpha value is -2.28. The van der Waals surface area contributed by atoms with Gasteiger partial charge in [0.1, 0.15) is 5.60 Å². The molecule has 0 bridgehead atoms.